The van der Waals surface area contributed by atoms with Gasteiger partial charge in [0.25, 0.3) is 0 Å². The summed E-state index contributed by atoms with van der Waals surface area (Å²) in [5.74, 6) is 0.905. The molecular weight excluding hydrogens is 248 g/mol. The first kappa shape index (κ1) is 14.6. The minimum atomic E-state index is -0.430. The zero-order chi connectivity index (χ0) is 14.4. The highest BCUT2D eigenvalue weighted by Crippen LogP contribution is 2.22. The molecule has 0 aliphatic carbocycles. The fraction of sp³-hybridized carbons (Fsp3) is 0.333. The zero-order valence-electron chi connectivity index (χ0n) is 12.2. The predicted molar refractivity (Wildman–Crippen MR) is 82.1 cm³/mol. The maximum Gasteiger partial charge on any atom is 0.122 e. The Morgan fingerprint density at radius 3 is 2.50 bits per heavy atom. The van der Waals surface area contributed by atoms with Crippen LogP contribution in [0, 0.1) is 6.92 Å². The summed E-state index contributed by atoms with van der Waals surface area (Å²) in [5, 5.41) is 9.54. The number of hydrogen-bond acceptors (Lipinski definition) is 2. The predicted octanol–water partition coefficient (Wildman–Crippen LogP) is 4.06. The van der Waals surface area contributed by atoms with Gasteiger partial charge in [0.2, 0.25) is 0 Å². The summed E-state index contributed by atoms with van der Waals surface area (Å²) in [7, 11) is 0. The summed E-state index contributed by atoms with van der Waals surface area (Å²) >= 11 is 0. The molecule has 2 heteroatoms. The lowest BCUT2D eigenvalue weighted by molar-refractivity contribution is 0.199. The first-order valence-corrected chi connectivity index (χ1v) is 7.12. The number of ether oxygens (including phenoxy) is 1. The number of rotatable bonds is 6. The third-order valence-electron chi connectivity index (χ3n) is 3.39. The number of aliphatic hydroxyl groups is 1. The van der Waals surface area contributed by atoms with Gasteiger partial charge in [0.15, 0.2) is 0 Å². The van der Waals surface area contributed by atoms with Crippen molar-refractivity contribution in [2.24, 2.45) is 0 Å². The molecule has 0 saturated heterocycles. The average Bonchev–Trinajstić information content (AvgIpc) is 2.46. The van der Waals surface area contributed by atoms with E-state index in [2.05, 4.69) is 24.3 Å². The largest absolute Gasteiger partial charge is 0.493 e. The molecule has 2 aromatic carbocycles. The summed E-state index contributed by atoms with van der Waals surface area (Å²) in [4.78, 5) is 0. The minimum Gasteiger partial charge on any atom is -0.493 e. The third-order valence-corrected chi connectivity index (χ3v) is 3.39. The van der Waals surface area contributed by atoms with Crippen LogP contribution in [0.1, 0.15) is 36.1 Å². The molecule has 0 fully saturated rings. The Morgan fingerprint density at radius 1 is 1.10 bits per heavy atom. The Labute approximate surface area is 121 Å². The Morgan fingerprint density at radius 2 is 1.85 bits per heavy atom. The van der Waals surface area contributed by atoms with Gasteiger partial charge >= 0.3 is 0 Å². The topological polar surface area (TPSA) is 29.5 Å². The van der Waals surface area contributed by atoms with E-state index in [0.717, 1.165) is 29.7 Å². The van der Waals surface area contributed by atoms with Crippen LogP contribution in [0.3, 0.4) is 0 Å². The standard InChI is InChI=1S/C18H22O2/c1-14-13-17(15(2)19)10-11-18(14)20-12-6-9-16-7-4-3-5-8-16/h3-5,7-8,10-11,13,15,19H,6,9,12H2,1-2H3/t15-/m0/s1. The van der Waals surface area contributed by atoms with Gasteiger partial charge in [0.1, 0.15) is 5.75 Å². The van der Waals surface area contributed by atoms with E-state index in [1.54, 1.807) is 6.92 Å². The first-order valence-electron chi connectivity index (χ1n) is 7.12. The SMILES string of the molecule is Cc1cc([C@H](C)O)ccc1OCCCc1ccccc1. The Kier molecular flexibility index (Phi) is 5.19. The quantitative estimate of drug-likeness (QED) is 0.802. The van der Waals surface area contributed by atoms with Crippen LogP contribution < -0.4 is 4.74 Å². The molecule has 0 amide bonds. The molecule has 106 valence electrons. The lowest BCUT2D eigenvalue weighted by Crippen LogP contribution is -2.01. The lowest BCUT2D eigenvalue weighted by Gasteiger charge is -2.12. The normalized spacial score (nSPS) is 12.2. The fourth-order valence-electron chi connectivity index (χ4n) is 2.20. The second kappa shape index (κ2) is 7.11. The van der Waals surface area contributed by atoms with Crippen LogP contribution in [-0.4, -0.2) is 11.7 Å². The molecular formula is C18H22O2. The van der Waals surface area contributed by atoms with Crippen LogP contribution in [0.2, 0.25) is 0 Å². The summed E-state index contributed by atoms with van der Waals surface area (Å²) in [6.07, 6.45) is 1.61. The van der Waals surface area contributed by atoms with Crippen molar-refractivity contribution in [3.05, 3.63) is 65.2 Å². The van der Waals surface area contributed by atoms with Gasteiger partial charge < -0.3 is 9.84 Å². The van der Waals surface area contributed by atoms with Crippen molar-refractivity contribution >= 4 is 0 Å². The number of aryl methyl sites for hydroxylation is 2. The molecule has 2 nitrogen and oxygen atoms in total. The van der Waals surface area contributed by atoms with Crippen molar-refractivity contribution < 1.29 is 9.84 Å². The highest BCUT2D eigenvalue weighted by Gasteiger charge is 2.05. The molecule has 1 atom stereocenters. The molecule has 2 aromatic rings. The van der Waals surface area contributed by atoms with E-state index in [1.165, 1.54) is 5.56 Å². The van der Waals surface area contributed by atoms with Gasteiger partial charge in [-0.3, -0.25) is 0 Å². The summed E-state index contributed by atoms with van der Waals surface area (Å²) in [6, 6.07) is 16.3. The summed E-state index contributed by atoms with van der Waals surface area (Å²) in [5.41, 5.74) is 3.35. The Balaban J connectivity index is 1.82. The minimum absolute atomic E-state index is 0.430. The van der Waals surface area contributed by atoms with Gasteiger partial charge in [0, 0.05) is 0 Å². The lowest BCUT2D eigenvalue weighted by atomic mass is 10.1. The number of benzene rings is 2. The van der Waals surface area contributed by atoms with Crippen molar-refractivity contribution in [2.75, 3.05) is 6.61 Å². The molecule has 20 heavy (non-hydrogen) atoms. The van der Waals surface area contributed by atoms with E-state index < -0.39 is 6.10 Å². The molecule has 0 aromatic heterocycles. The van der Waals surface area contributed by atoms with E-state index in [9.17, 15) is 5.11 Å². The second-order valence-electron chi connectivity index (χ2n) is 5.14. The molecule has 0 bridgehead atoms. The number of aliphatic hydroxyl groups excluding tert-OH is 1. The van der Waals surface area contributed by atoms with Gasteiger partial charge in [-0.25, -0.2) is 0 Å². The van der Waals surface area contributed by atoms with E-state index in [-0.39, 0.29) is 0 Å². The highest BCUT2D eigenvalue weighted by atomic mass is 16.5. The molecule has 2 rings (SSSR count). The van der Waals surface area contributed by atoms with Gasteiger partial charge in [-0.15, -0.1) is 0 Å². The fourth-order valence-corrected chi connectivity index (χ4v) is 2.20. The van der Waals surface area contributed by atoms with Crippen molar-refractivity contribution in [2.45, 2.75) is 32.8 Å². The van der Waals surface area contributed by atoms with Crippen LogP contribution in [-0.2, 0) is 6.42 Å². The van der Waals surface area contributed by atoms with Crippen LogP contribution in [0.5, 0.6) is 5.75 Å². The molecule has 0 heterocycles. The highest BCUT2D eigenvalue weighted by molar-refractivity contribution is 5.36. The molecule has 1 N–H and O–H groups in total. The number of hydrogen-bond donors (Lipinski definition) is 1. The monoisotopic (exact) mass is 270 g/mol. The average molecular weight is 270 g/mol. The zero-order valence-corrected chi connectivity index (χ0v) is 12.2. The van der Waals surface area contributed by atoms with Gasteiger partial charge in [0.05, 0.1) is 12.7 Å². The van der Waals surface area contributed by atoms with E-state index in [4.69, 9.17) is 4.74 Å². The molecule has 0 radical (unpaired) electrons. The molecule has 0 aliphatic heterocycles. The molecule has 0 spiro atoms. The Hall–Kier alpha value is -1.80. The van der Waals surface area contributed by atoms with E-state index in [0.29, 0.717) is 6.61 Å². The van der Waals surface area contributed by atoms with E-state index >= 15 is 0 Å². The van der Waals surface area contributed by atoms with Gasteiger partial charge in [-0.05, 0) is 55.5 Å². The van der Waals surface area contributed by atoms with Crippen molar-refractivity contribution in [1.82, 2.24) is 0 Å². The third kappa shape index (κ3) is 4.10. The van der Waals surface area contributed by atoms with Crippen LogP contribution in [0.25, 0.3) is 0 Å². The molecule has 0 saturated carbocycles. The van der Waals surface area contributed by atoms with Gasteiger partial charge in [-0.2, -0.15) is 0 Å². The Bertz CT molecular complexity index is 532. The van der Waals surface area contributed by atoms with Crippen molar-refractivity contribution in [3.8, 4) is 5.75 Å². The van der Waals surface area contributed by atoms with Crippen LogP contribution in [0.4, 0.5) is 0 Å². The van der Waals surface area contributed by atoms with E-state index in [1.807, 2.05) is 31.2 Å². The van der Waals surface area contributed by atoms with Crippen LogP contribution in [0.15, 0.2) is 48.5 Å². The van der Waals surface area contributed by atoms with Gasteiger partial charge in [-0.1, -0.05) is 36.4 Å². The summed E-state index contributed by atoms with van der Waals surface area (Å²) in [6.45, 7) is 4.50. The van der Waals surface area contributed by atoms with Crippen molar-refractivity contribution in [3.63, 3.8) is 0 Å². The molecule has 0 unspecified atom stereocenters. The first-order chi connectivity index (χ1) is 9.66. The van der Waals surface area contributed by atoms with Crippen molar-refractivity contribution in [1.29, 1.82) is 0 Å². The second-order valence-corrected chi connectivity index (χ2v) is 5.14. The maximum absolute atomic E-state index is 9.54. The maximum atomic E-state index is 9.54. The van der Waals surface area contributed by atoms with Crippen LogP contribution >= 0.6 is 0 Å². The smallest absolute Gasteiger partial charge is 0.122 e. The molecule has 0 aliphatic rings. The summed E-state index contributed by atoms with van der Waals surface area (Å²) < 4.78 is 5.81.